The van der Waals surface area contributed by atoms with Crippen molar-refractivity contribution in [3.8, 4) is 0 Å². The van der Waals surface area contributed by atoms with Crippen LogP contribution >= 0.6 is 0 Å². The lowest BCUT2D eigenvalue weighted by molar-refractivity contribution is -0.133. The molecule has 0 radical (unpaired) electrons. The second-order valence-electron chi connectivity index (χ2n) is 6.70. The number of likely N-dealkylation sites (N-methyl/N-ethyl adjacent to an activating group) is 1. The Bertz CT molecular complexity index is 794. The van der Waals surface area contributed by atoms with Crippen LogP contribution < -0.4 is 5.32 Å². The molecular formula is C21H25FN2O2. The second-order valence-corrected chi connectivity index (χ2v) is 6.70. The van der Waals surface area contributed by atoms with E-state index in [-0.39, 0.29) is 30.6 Å². The first-order valence-corrected chi connectivity index (χ1v) is 8.62. The number of amides is 2. The third-order valence-corrected chi connectivity index (χ3v) is 4.26. The van der Waals surface area contributed by atoms with Gasteiger partial charge in [0, 0.05) is 19.2 Å². The molecule has 1 N–H and O–H groups in total. The van der Waals surface area contributed by atoms with E-state index in [2.05, 4.69) is 5.32 Å². The highest BCUT2D eigenvalue weighted by atomic mass is 19.1. The number of rotatable bonds is 6. The second kappa shape index (κ2) is 8.61. The Balaban J connectivity index is 1.89. The van der Waals surface area contributed by atoms with Gasteiger partial charge in [-0.05, 0) is 56.0 Å². The van der Waals surface area contributed by atoms with Crippen molar-refractivity contribution >= 4 is 17.5 Å². The maximum Gasteiger partial charge on any atom is 0.243 e. The molecule has 2 aromatic rings. The quantitative estimate of drug-likeness (QED) is 0.856. The maximum atomic E-state index is 13.2. The molecule has 0 unspecified atom stereocenters. The molecule has 0 saturated carbocycles. The molecule has 138 valence electrons. The van der Waals surface area contributed by atoms with Gasteiger partial charge in [0.2, 0.25) is 11.8 Å². The van der Waals surface area contributed by atoms with E-state index in [1.807, 2.05) is 32.9 Å². The van der Waals surface area contributed by atoms with Gasteiger partial charge in [-0.1, -0.05) is 29.8 Å². The Kier molecular flexibility index (Phi) is 6.50. The van der Waals surface area contributed by atoms with Crippen LogP contribution in [0.1, 0.15) is 28.7 Å². The van der Waals surface area contributed by atoms with E-state index < -0.39 is 0 Å². The molecule has 2 amide bonds. The molecule has 4 nitrogen and oxygen atoms in total. The molecule has 0 aliphatic carbocycles. The van der Waals surface area contributed by atoms with Gasteiger partial charge in [-0.25, -0.2) is 4.39 Å². The third kappa shape index (κ3) is 5.41. The first-order valence-electron chi connectivity index (χ1n) is 8.62. The highest BCUT2D eigenvalue weighted by molar-refractivity contribution is 5.95. The minimum absolute atomic E-state index is 0.0191. The third-order valence-electron chi connectivity index (χ3n) is 4.26. The number of nitrogens with zero attached hydrogens (tertiary/aromatic N) is 1. The molecule has 0 aliphatic rings. The molecule has 0 heterocycles. The van der Waals surface area contributed by atoms with Crippen LogP contribution in [0, 0.1) is 26.6 Å². The molecule has 0 aromatic heterocycles. The van der Waals surface area contributed by atoms with E-state index in [0.29, 0.717) is 6.42 Å². The van der Waals surface area contributed by atoms with E-state index in [4.69, 9.17) is 0 Å². The highest BCUT2D eigenvalue weighted by Gasteiger charge is 2.15. The summed E-state index contributed by atoms with van der Waals surface area (Å²) in [6, 6.07) is 10.2. The average Bonchev–Trinajstić information content (AvgIpc) is 2.56. The SMILES string of the molecule is Cc1cc(C)c(NC(=O)CN(C)C(=O)CCc2cccc(F)c2)c(C)c1. The van der Waals surface area contributed by atoms with Crippen LogP contribution in [0.2, 0.25) is 0 Å². The van der Waals surface area contributed by atoms with E-state index >= 15 is 0 Å². The van der Waals surface area contributed by atoms with E-state index in [9.17, 15) is 14.0 Å². The standard InChI is InChI=1S/C21H25FN2O2/c1-14-10-15(2)21(16(3)11-14)23-19(25)13-24(4)20(26)9-8-17-6-5-7-18(22)12-17/h5-7,10-12H,8-9,13H2,1-4H3,(H,23,25). The fraction of sp³-hybridized carbons (Fsp3) is 0.333. The zero-order valence-electron chi connectivity index (χ0n) is 15.7. The lowest BCUT2D eigenvalue weighted by Crippen LogP contribution is -2.35. The molecule has 0 aliphatic heterocycles. The number of nitrogens with one attached hydrogen (secondary N) is 1. The Labute approximate surface area is 154 Å². The summed E-state index contributed by atoms with van der Waals surface area (Å²) in [6.07, 6.45) is 0.675. The summed E-state index contributed by atoms with van der Waals surface area (Å²) in [4.78, 5) is 25.9. The number of benzene rings is 2. The first kappa shape index (κ1) is 19.6. The van der Waals surface area contributed by atoms with Crippen molar-refractivity contribution in [2.75, 3.05) is 18.9 Å². The van der Waals surface area contributed by atoms with Crippen LogP contribution in [-0.4, -0.2) is 30.3 Å². The van der Waals surface area contributed by atoms with Gasteiger partial charge in [-0.2, -0.15) is 0 Å². The number of hydrogen-bond acceptors (Lipinski definition) is 2. The van der Waals surface area contributed by atoms with Crippen molar-refractivity contribution in [2.24, 2.45) is 0 Å². The predicted octanol–water partition coefficient (Wildman–Crippen LogP) is 3.78. The van der Waals surface area contributed by atoms with Gasteiger partial charge in [0.15, 0.2) is 0 Å². The van der Waals surface area contributed by atoms with Crippen LogP contribution in [0.25, 0.3) is 0 Å². The Hall–Kier alpha value is -2.69. The average molecular weight is 356 g/mol. The van der Waals surface area contributed by atoms with Crippen LogP contribution in [0.5, 0.6) is 0 Å². The Morgan fingerprint density at radius 1 is 1.08 bits per heavy atom. The summed E-state index contributed by atoms with van der Waals surface area (Å²) in [6.45, 7) is 5.89. The first-order chi connectivity index (χ1) is 12.3. The summed E-state index contributed by atoms with van der Waals surface area (Å²) >= 11 is 0. The Morgan fingerprint density at radius 3 is 2.35 bits per heavy atom. The molecule has 0 bridgehead atoms. The monoisotopic (exact) mass is 356 g/mol. The Morgan fingerprint density at radius 2 is 1.73 bits per heavy atom. The van der Waals surface area contributed by atoms with E-state index in [1.165, 1.54) is 17.0 Å². The zero-order valence-corrected chi connectivity index (χ0v) is 15.7. The number of carbonyl (C=O) groups is 2. The minimum atomic E-state index is -0.313. The van der Waals surface area contributed by atoms with Gasteiger partial charge in [0.1, 0.15) is 5.82 Å². The van der Waals surface area contributed by atoms with Crippen molar-refractivity contribution in [3.63, 3.8) is 0 Å². The molecule has 0 spiro atoms. The van der Waals surface area contributed by atoms with Gasteiger partial charge >= 0.3 is 0 Å². The normalized spacial score (nSPS) is 10.5. The fourth-order valence-corrected chi connectivity index (χ4v) is 2.99. The van der Waals surface area contributed by atoms with Gasteiger partial charge < -0.3 is 10.2 Å². The van der Waals surface area contributed by atoms with Crippen molar-refractivity contribution in [2.45, 2.75) is 33.6 Å². The number of carbonyl (C=O) groups excluding carboxylic acids is 2. The molecule has 0 saturated heterocycles. The molecule has 2 rings (SSSR count). The summed E-state index contributed by atoms with van der Waals surface area (Å²) in [5.41, 5.74) is 4.69. The van der Waals surface area contributed by atoms with Crippen molar-refractivity contribution < 1.29 is 14.0 Å². The fourth-order valence-electron chi connectivity index (χ4n) is 2.99. The number of halogens is 1. The van der Waals surface area contributed by atoms with Gasteiger partial charge in [0.25, 0.3) is 0 Å². The molecular weight excluding hydrogens is 331 g/mol. The minimum Gasteiger partial charge on any atom is -0.336 e. The highest BCUT2D eigenvalue weighted by Crippen LogP contribution is 2.21. The molecule has 2 aromatic carbocycles. The number of aryl methyl sites for hydroxylation is 4. The molecule has 5 heteroatoms. The van der Waals surface area contributed by atoms with Crippen LogP contribution in [0.4, 0.5) is 10.1 Å². The maximum absolute atomic E-state index is 13.2. The smallest absolute Gasteiger partial charge is 0.243 e. The summed E-state index contributed by atoms with van der Waals surface area (Å²) in [7, 11) is 1.60. The number of anilines is 1. The molecule has 26 heavy (non-hydrogen) atoms. The summed E-state index contributed by atoms with van der Waals surface area (Å²) in [5.74, 6) is -0.699. The van der Waals surface area contributed by atoms with Gasteiger partial charge in [-0.3, -0.25) is 9.59 Å². The van der Waals surface area contributed by atoms with Gasteiger partial charge in [-0.15, -0.1) is 0 Å². The number of hydrogen-bond donors (Lipinski definition) is 1. The molecule has 0 fully saturated rings. The van der Waals surface area contributed by atoms with Crippen molar-refractivity contribution in [1.82, 2.24) is 4.90 Å². The predicted molar refractivity (Wildman–Crippen MR) is 102 cm³/mol. The van der Waals surface area contributed by atoms with Crippen molar-refractivity contribution in [1.29, 1.82) is 0 Å². The van der Waals surface area contributed by atoms with Crippen LogP contribution in [0.15, 0.2) is 36.4 Å². The zero-order chi connectivity index (χ0) is 19.3. The largest absolute Gasteiger partial charge is 0.336 e. The van der Waals surface area contributed by atoms with Gasteiger partial charge in [0.05, 0.1) is 6.54 Å². The van der Waals surface area contributed by atoms with Crippen LogP contribution in [-0.2, 0) is 16.0 Å². The van der Waals surface area contributed by atoms with E-state index in [0.717, 1.165) is 27.9 Å². The summed E-state index contributed by atoms with van der Waals surface area (Å²) in [5, 5.41) is 2.89. The topological polar surface area (TPSA) is 49.4 Å². The van der Waals surface area contributed by atoms with E-state index in [1.54, 1.807) is 19.2 Å². The lowest BCUT2D eigenvalue weighted by Gasteiger charge is -2.18. The molecule has 0 atom stereocenters. The summed E-state index contributed by atoms with van der Waals surface area (Å²) < 4.78 is 13.2. The lowest BCUT2D eigenvalue weighted by atomic mass is 10.1. The van der Waals surface area contributed by atoms with Crippen molar-refractivity contribution in [3.05, 3.63) is 64.5 Å². The van der Waals surface area contributed by atoms with Crippen LogP contribution in [0.3, 0.4) is 0 Å².